The second-order valence-corrected chi connectivity index (χ2v) is 9.25. The molecule has 1 aliphatic carbocycles. The average Bonchev–Trinajstić information content (AvgIpc) is 3.25. The maximum Gasteiger partial charge on any atom is 0.225 e. The van der Waals surface area contributed by atoms with Crippen LogP contribution in [0.1, 0.15) is 42.7 Å². The van der Waals surface area contributed by atoms with E-state index in [1.54, 1.807) is 0 Å². The molecule has 6 heteroatoms. The van der Waals surface area contributed by atoms with Gasteiger partial charge in [0.2, 0.25) is 5.95 Å². The summed E-state index contributed by atoms with van der Waals surface area (Å²) in [6, 6.07) is 9.43. The number of hydrogen-bond acceptors (Lipinski definition) is 5. The molecular formula is C24H32FN5. The summed E-state index contributed by atoms with van der Waals surface area (Å²) in [6.45, 7) is 8.74. The molecule has 0 unspecified atom stereocenters. The van der Waals surface area contributed by atoms with Gasteiger partial charge in [0.05, 0.1) is 12.4 Å². The van der Waals surface area contributed by atoms with Gasteiger partial charge in [-0.05, 0) is 61.7 Å². The van der Waals surface area contributed by atoms with Gasteiger partial charge in [-0.25, -0.2) is 14.4 Å². The zero-order chi connectivity index (χ0) is 20.3. The van der Waals surface area contributed by atoms with Crippen molar-refractivity contribution in [2.75, 3.05) is 50.7 Å². The van der Waals surface area contributed by atoms with E-state index in [2.05, 4.69) is 48.9 Å². The van der Waals surface area contributed by atoms with Crippen molar-refractivity contribution in [3.8, 4) is 0 Å². The first-order valence-corrected chi connectivity index (χ1v) is 11.5. The van der Waals surface area contributed by atoms with E-state index in [1.807, 2.05) is 0 Å². The zero-order valence-corrected chi connectivity index (χ0v) is 17.7. The predicted octanol–water partition coefficient (Wildman–Crippen LogP) is 3.53. The molecule has 2 aromatic rings. The third-order valence-corrected chi connectivity index (χ3v) is 7.07. The number of halogens is 1. The summed E-state index contributed by atoms with van der Waals surface area (Å²) in [5.41, 5.74) is 2.98. The Labute approximate surface area is 178 Å². The number of benzene rings is 1. The van der Waals surface area contributed by atoms with Gasteiger partial charge in [0, 0.05) is 39.3 Å². The SMILES string of the molecule is Fc1cnc(N2CCN(C[C@H]3C[C@@H](c4ccc(CN5CCCC5)cc4)C3)CC2)nc1. The largest absolute Gasteiger partial charge is 0.338 e. The van der Waals surface area contributed by atoms with Crippen LogP contribution in [0.3, 0.4) is 0 Å². The van der Waals surface area contributed by atoms with Crippen molar-refractivity contribution in [3.63, 3.8) is 0 Å². The van der Waals surface area contributed by atoms with Crippen LogP contribution in [-0.4, -0.2) is 65.6 Å². The molecule has 0 atom stereocenters. The quantitative estimate of drug-likeness (QED) is 0.729. The summed E-state index contributed by atoms with van der Waals surface area (Å²) in [6.07, 6.45) is 7.84. The molecule has 1 aromatic carbocycles. The molecule has 0 radical (unpaired) electrons. The molecule has 5 nitrogen and oxygen atoms in total. The summed E-state index contributed by atoms with van der Waals surface area (Å²) in [5.74, 6) is 1.82. The summed E-state index contributed by atoms with van der Waals surface area (Å²) in [4.78, 5) is 15.5. The van der Waals surface area contributed by atoms with Crippen molar-refractivity contribution < 1.29 is 4.39 Å². The molecule has 1 saturated carbocycles. The van der Waals surface area contributed by atoms with Crippen LogP contribution in [0.5, 0.6) is 0 Å². The lowest BCUT2D eigenvalue weighted by Crippen LogP contribution is -2.49. The second kappa shape index (κ2) is 8.98. The molecule has 3 fully saturated rings. The van der Waals surface area contributed by atoms with Crippen LogP contribution in [0.4, 0.5) is 10.3 Å². The highest BCUT2D eigenvalue weighted by Crippen LogP contribution is 2.42. The average molecular weight is 410 g/mol. The first-order valence-electron chi connectivity index (χ1n) is 11.5. The Balaban J connectivity index is 1.04. The fraction of sp³-hybridized carbons (Fsp3) is 0.583. The topological polar surface area (TPSA) is 35.5 Å². The predicted molar refractivity (Wildman–Crippen MR) is 117 cm³/mol. The zero-order valence-electron chi connectivity index (χ0n) is 17.7. The van der Waals surface area contributed by atoms with Crippen LogP contribution >= 0.6 is 0 Å². The fourth-order valence-electron chi connectivity index (χ4n) is 5.22. The molecule has 0 bridgehead atoms. The lowest BCUT2D eigenvalue weighted by atomic mass is 9.71. The van der Waals surface area contributed by atoms with E-state index in [0.717, 1.165) is 44.6 Å². The van der Waals surface area contributed by atoms with Crippen LogP contribution in [0.2, 0.25) is 0 Å². The van der Waals surface area contributed by atoms with Crippen LogP contribution in [0, 0.1) is 11.7 Å². The molecule has 0 amide bonds. The van der Waals surface area contributed by atoms with E-state index >= 15 is 0 Å². The molecule has 0 N–H and O–H groups in total. The highest BCUT2D eigenvalue weighted by Gasteiger charge is 2.32. The highest BCUT2D eigenvalue weighted by molar-refractivity contribution is 5.30. The van der Waals surface area contributed by atoms with E-state index in [-0.39, 0.29) is 5.82 Å². The van der Waals surface area contributed by atoms with Crippen molar-refractivity contribution in [1.82, 2.24) is 19.8 Å². The van der Waals surface area contributed by atoms with E-state index in [9.17, 15) is 4.39 Å². The Kier molecular flexibility index (Phi) is 5.95. The first-order chi connectivity index (χ1) is 14.7. The van der Waals surface area contributed by atoms with Crippen molar-refractivity contribution in [1.29, 1.82) is 0 Å². The lowest BCUT2D eigenvalue weighted by Gasteiger charge is -2.41. The molecule has 160 valence electrons. The van der Waals surface area contributed by atoms with E-state index in [4.69, 9.17) is 0 Å². The standard InChI is InChI=1S/C24H32FN5/c25-23-15-26-24(27-16-23)30-11-9-29(10-12-30)18-20-13-22(14-20)21-5-3-19(4-6-21)17-28-7-1-2-8-28/h3-6,15-16,20,22H,1-2,7-14,17-18H2/t20-,22+. The van der Waals surface area contributed by atoms with Gasteiger partial charge in [-0.15, -0.1) is 0 Å². The monoisotopic (exact) mass is 409 g/mol. The molecular weight excluding hydrogens is 377 g/mol. The minimum absolute atomic E-state index is 0.377. The number of anilines is 1. The Morgan fingerprint density at radius 3 is 2.17 bits per heavy atom. The van der Waals surface area contributed by atoms with Gasteiger partial charge >= 0.3 is 0 Å². The number of likely N-dealkylation sites (tertiary alicyclic amines) is 1. The minimum atomic E-state index is -0.377. The number of rotatable bonds is 6. The van der Waals surface area contributed by atoms with Gasteiger partial charge in [-0.2, -0.15) is 0 Å². The van der Waals surface area contributed by atoms with E-state index in [1.165, 1.54) is 68.8 Å². The normalized spacial score (nSPS) is 25.4. The van der Waals surface area contributed by atoms with Crippen molar-refractivity contribution in [2.24, 2.45) is 5.92 Å². The third-order valence-electron chi connectivity index (χ3n) is 7.07. The Bertz CT molecular complexity index is 804. The maximum atomic E-state index is 13.0. The van der Waals surface area contributed by atoms with E-state index < -0.39 is 0 Å². The Morgan fingerprint density at radius 1 is 0.833 bits per heavy atom. The minimum Gasteiger partial charge on any atom is -0.338 e. The fourth-order valence-corrected chi connectivity index (χ4v) is 5.22. The molecule has 30 heavy (non-hydrogen) atoms. The molecule has 3 aliphatic rings. The van der Waals surface area contributed by atoms with Gasteiger partial charge in [-0.1, -0.05) is 24.3 Å². The number of nitrogens with zero attached hydrogens (tertiary/aromatic N) is 5. The summed E-state index contributed by atoms with van der Waals surface area (Å²) in [7, 11) is 0. The number of piperazine rings is 1. The van der Waals surface area contributed by atoms with Crippen LogP contribution < -0.4 is 4.90 Å². The molecule has 2 aliphatic heterocycles. The number of aromatic nitrogens is 2. The molecule has 5 rings (SSSR count). The van der Waals surface area contributed by atoms with Gasteiger partial charge < -0.3 is 4.90 Å². The maximum absolute atomic E-state index is 13.0. The van der Waals surface area contributed by atoms with Crippen LogP contribution in [-0.2, 0) is 6.54 Å². The van der Waals surface area contributed by atoms with Gasteiger partial charge in [0.15, 0.2) is 5.82 Å². The summed E-state index contributed by atoms with van der Waals surface area (Å²) < 4.78 is 13.0. The highest BCUT2D eigenvalue weighted by atomic mass is 19.1. The summed E-state index contributed by atoms with van der Waals surface area (Å²) >= 11 is 0. The second-order valence-electron chi connectivity index (χ2n) is 9.25. The van der Waals surface area contributed by atoms with E-state index in [0.29, 0.717) is 5.95 Å². The first kappa shape index (κ1) is 19.9. The van der Waals surface area contributed by atoms with Crippen LogP contribution in [0.15, 0.2) is 36.7 Å². The lowest BCUT2D eigenvalue weighted by molar-refractivity contribution is 0.152. The Hall–Kier alpha value is -2.05. The molecule has 3 heterocycles. The Morgan fingerprint density at radius 2 is 1.50 bits per heavy atom. The van der Waals surface area contributed by atoms with Crippen molar-refractivity contribution in [3.05, 3.63) is 53.6 Å². The third kappa shape index (κ3) is 4.65. The van der Waals surface area contributed by atoms with Crippen molar-refractivity contribution >= 4 is 5.95 Å². The van der Waals surface area contributed by atoms with Gasteiger partial charge in [0.1, 0.15) is 0 Å². The smallest absolute Gasteiger partial charge is 0.225 e. The number of hydrogen-bond donors (Lipinski definition) is 0. The molecule has 2 saturated heterocycles. The molecule has 0 spiro atoms. The molecule has 1 aromatic heterocycles. The van der Waals surface area contributed by atoms with Gasteiger partial charge in [0.25, 0.3) is 0 Å². The summed E-state index contributed by atoms with van der Waals surface area (Å²) in [5, 5.41) is 0. The van der Waals surface area contributed by atoms with Crippen molar-refractivity contribution in [2.45, 2.75) is 38.1 Å². The van der Waals surface area contributed by atoms with Crippen LogP contribution in [0.25, 0.3) is 0 Å². The van der Waals surface area contributed by atoms with Gasteiger partial charge in [-0.3, -0.25) is 9.80 Å².